The van der Waals surface area contributed by atoms with Crippen LogP contribution in [0.2, 0.25) is 0 Å². The molecule has 2 aromatic rings. The topological polar surface area (TPSA) is 57.4 Å². The van der Waals surface area contributed by atoms with Crippen LogP contribution in [0, 0.1) is 0 Å². The van der Waals surface area contributed by atoms with Crippen molar-refractivity contribution in [2.75, 3.05) is 13.2 Å². The Morgan fingerprint density at radius 1 is 1.21 bits per heavy atom. The highest BCUT2D eigenvalue weighted by molar-refractivity contribution is 7.11. The third kappa shape index (κ3) is 3.94. The van der Waals surface area contributed by atoms with Gasteiger partial charge in [0.2, 0.25) is 0 Å². The number of rotatable bonds is 7. The third-order valence-electron chi connectivity index (χ3n) is 2.53. The molecule has 0 bridgehead atoms. The molecular formula is C14H18N2O2S. The average molecular weight is 278 g/mol. The molecule has 4 nitrogen and oxygen atoms in total. The van der Waals surface area contributed by atoms with E-state index < -0.39 is 0 Å². The Morgan fingerprint density at radius 2 is 1.95 bits per heavy atom. The van der Waals surface area contributed by atoms with E-state index in [9.17, 15) is 0 Å². The molecule has 0 aliphatic rings. The molecule has 0 saturated heterocycles. The molecule has 0 aliphatic carbocycles. The number of aromatic nitrogens is 1. The summed E-state index contributed by atoms with van der Waals surface area (Å²) in [7, 11) is 0. The van der Waals surface area contributed by atoms with E-state index in [1.807, 2.05) is 37.4 Å². The Labute approximate surface area is 117 Å². The van der Waals surface area contributed by atoms with E-state index in [0.29, 0.717) is 19.8 Å². The Bertz CT molecular complexity index is 514. The van der Waals surface area contributed by atoms with Gasteiger partial charge in [-0.1, -0.05) is 12.1 Å². The van der Waals surface area contributed by atoms with E-state index in [1.54, 1.807) is 11.3 Å². The summed E-state index contributed by atoms with van der Waals surface area (Å²) in [6, 6.07) is 7.70. The molecule has 1 aromatic heterocycles. The molecule has 0 saturated carbocycles. The summed E-state index contributed by atoms with van der Waals surface area (Å²) in [5.41, 5.74) is 5.56. The summed E-state index contributed by atoms with van der Waals surface area (Å²) in [5, 5.41) is 1.05. The first-order valence-electron chi connectivity index (χ1n) is 6.31. The third-order valence-corrected chi connectivity index (χ3v) is 3.60. The van der Waals surface area contributed by atoms with Crippen LogP contribution in [0.5, 0.6) is 11.5 Å². The van der Waals surface area contributed by atoms with Crippen molar-refractivity contribution in [2.45, 2.75) is 19.9 Å². The van der Waals surface area contributed by atoms with Crippen molar-refractivity contribution in [3.05, 3.63) is 40.3 Å². The molecule has 2 N–H and O–H groups in total. The lowest BCUT2D eigenvalue weighted by atomic mass is 10.3. The number of thiazole rings is 1. The molecule has 0 amide bonds. The smallest absolute Gasteiger partial charge is 0.161 e. The number of ether oxygens (including phenoxy) is 2. The summed E-state index contributed by atoms with van der Waals surface area (Å²) in [5.74, 6) is 1.56. The minimum Gasteiger partial charge on any atom is -0.490 e. The van der Waals surface area contributed by atoms with Gasteiger partial charge in [0.15, 0.2) is 11.5 Å². The van der Waals surface area contributed by atoms with Crippen LogP contribution < -0.4 is 15.2 Å². The van der Waals surface area contributed by atoms with Gasteiger partial charge in [-0.2, -0.15) is 0 Å². The molecule has 0 unspecified atom stereocenters. The molecule has 0 atom stereocenters. The standard InChI is InChI=1S/C14H18N2O2S/c1-2-17-12-5-3-4-6-13(12)18-8-7-14-16-10-11(9-15)19-14/h3-6,10H,2,7-9,15H2,1H3. The molecule has 19 heavy (non-hydrogen) atoms. The van der Waals surface area contributed by atoms with Crippen molar-refractivity contribution in [1.29, 1.82) is 0 Å². The molecule has 1 heterocycles. The van der Waals surface area contributed by atoms with Gasteiger partial charge in [-0.25, -0.2) is 4.98 Å². The molecule has 0 radical (unpaired) electrons. The molecule has 0 spiro atoms. The molecule has 5 heteroatoms. The lowest BCUT2D eigenvalue weighted by Gasteiger charge is -2.10. The Hall–Kier alpha value is -1.59. The highest BCUT2D eigenvalue weighted by Crippen LogP contribution is 2.26. The molecule has 0 fully saturated rings. The predicted octanol–water partition coefficient (Wildman–Crippen LogP) is 2.62. The zero-order valence-electron chi connectivity index (χ0n) is 11.0. The molecular weight excluding hydrogens is 260 g/mol. The van der Waals surface area contributed by atoms with Crippen molar-refractivity contribution in [2.24, 2.45) is 5.73 Å². The van der Waals surface area contributed by atoms with Crippen molar-refractivity contribution in [3.63, 3.8) is 0 Å². The van der Waals surface area contributed by atoms with Gasteiger partial charge in [0, 0.05) is 24.0 Å². The van der Waals surface area contributed by atoms with Gasteiger partial charge in [0.1, 0.15) is 0 Å². The minimum atomic E-state index is 0.547. The summed E-state index contributed by atoms with van der Waals surface area (Å²) in [6.07, 6.45) is 2.61. The second-order valence-corrected chi connectivity index (χ2v) is 5.10. The summed E-state index contributed by atoms with van der Waals surface area (Å²) in [4.78, 5) is 5.41. The number of hydrogen-bond acceptors (Lipinski definition) is 5. The largest absolute Gasteiger partial charge is 0.490 e. The van der Waals surface area contributed by atoms with E-state index in [2.05, 4.69) is 4.98 Å². The van der Waals surface area contributed by atoms with Gasteiger partial charge >= 0.3 is 0 Å². The quantitative estimate of drug-likeness (QED) is 0.846. The zero-order chi connectivity index (χ0) is 13.5. The Morgan fingerprint density at radius 3 is 2.58 bits per heavy atom. The molecule has 102 valence electrons. The van der Waals surface area contributed by atoms with Crippen molar-refractivity contribution < 1.29 is 9.47 Å². The first-order chi connectivity index (χ1) is 9.33. The predicted molar refractivity (Wildman–Crippen MR) is 76.8 cm³/mol. The molecule has 2 rings (SSSR count). The van der Waals surface area contributed by atoms with Crippen LogP contribution in [-0.4, -0.2) is 18.2 Å². The number of nitrogens with two attached hydrogens (primary N) is 1. The monoisotopic (exact) mass is 278 g/mol. The van der Waals surface area contributed by atoms with Gasteiger partial charge in [-0.3, -0.25) is 0 Å². The van der Waals surface area contributed by atoms with Gasteiger partial charge in [0.05, 0.1) is 18.2 Å². The summed E-state index contributed by atoms with van der Waals surface area (Å²) in [6.45, 7) is 3.72. The van der Waals surface area contributed by atoms with Gasteiger partial charge in [-0.15, -0.1) is 11.3 Å². The van der Waals surface area contributed by atoms with Gasteiger partial charge in [-0.05, 0) is 19.1 Å². The van der Waals surface area contributed by atoms with E-state index >= 15 is 0 Å². The second-order valence-electron chi connectivity index (χ2n) is 3.90. The molecule has 0 aliphatic heterocycles. The number of nitrogens with zero attached hydrogens (tertiary/aromatic N) is 1. The highest BCUT2D eigenvalue weighted by atomic mass is 32.1. The van der Waals surface area contributed by atoms with E-state index in [4.69, 9.17) is 15.2 Å². The Balaban J connectivity index is 1.88. The van der Waals surface area contributed by atoms with Crippen LogP contribution in [0.25, 0.3) is 0 Å². The fourth-order valence-corrected chi connectivity index (χ4v) is 2.43. The summed E-state index contributed by atoms with van der Waals surface area (Å²) >= 11 is 1.64. The average Bonchev–Trinajstić information content (AvgIpc) is 2.89. The van der Waals surface area contributed by atoms with Crippen molar-refractivity contribution >= 4 is 11.3 Å². The van der Waals surface area contributed by atoms with Crippen LogP contribution in [0.1, 0.15) is 16.8 Å². The number of benzene rings is 1. The number of para-hydroxylation sites is 2. The SMILES string of the molecule is CCOc1ccccc1OCCc1ncc(CN)s1. The van der Waals surface area contributed by atoms with Crippen LogP contribution >= 0.6 is 11.3 Å². The number of hydrogen-bond donors (Lipinski definition) is 1. The lowest BCUT2D eigenvalue weighted by Crippen LogP contribution is -2.03. The highest BCUT2D eigenvalue weighted by Gasteiger charge is 2.05. The van der Waals surface area contributed by atoms with Gasteiger partial charge < -0.3 is 15.2 Å². The summed E-state index contributed by atoms with van der Waals surface area (Å²) < 4.78 is 11.3. The maximum Gasteiger partial charge on any atom is 0.161 e. The van der Waals surface area contributed by atoms with E-state index in [0.717, 1.165) is 27.8 Å². The molecule has 1 aromatic carbocycles. The van der Waals surface area contributed by atoms with Crippen molar-refractivity contribution in [1.82, 2.24) is 4.98 Å². The maximum absolute atomic E-state index is 5.75. The van der Waals surface area contributed by atoms with Gasteiger partial charge in [0.25, 0.3) is 0 Å². The van der Waals surface area contributed by atoms with Crippen LogP contribution in [0.3, 0.4) is 0 Å². The maximum atomic E-state index is 5.75. The first kappa shape index (κ1) is 13.8. The fraction of sp³-hybridized carbons (Fsp3) is 0.357. The van der Waals surface area contributed by atoms with Crippen LogP contribution in [0.4, 0.5) is 0 Å². The normalized spacial score (nSPS) is 10.4. The van der Waals surface area contributed by atoms with Crippen LogP contribution in [0.15, 0.2) is 30.5 Å². The zero-order valence-corrected chi connectivity index (χ0v) is 11.8. The first-order valence-corrected chi connectivity index (χ1v) is 7.13. The van der Waals surface area contributed by atoms with Crippen molar-refractivity contribution in [3.8, 4) is 11.5 Å². The lowest BCUT2D eigenvalue weighted by molar-refractivity contribution is 0.279. The Kier molecular flexibility index (Phi) is 5.18. The minimum absolute atomic E-state index is 0.547. The second kappa shape index (κ2) is 7.11. The van der Waals surface area contributed by atoms with E-state index in [1.165, 1.54) is 0 Å². The van der Waals surface area contributed by atoms with Crippen LogP contribution in [-0.2, 0) is 13.0 Å². The fourth-order valence-electron chi connectivity index (χ4n) is 1.65. The van der Waals surface area contributed by atoms with E-state index in [-0.39, 0.29) is 0 Å².